The molecule has 2 atom stereocenters. The molecule has 1 aromatic rings. The summed E-state index contributed by atoms with van der Waals surface area (Å²) < 4.78 is 16.3. The summed E-state index contributed by atoms with van der Waals surface area (Å²) in [7, 11) is 0. The number of hydrogen-bond acceptors (Lipinski definition) is 2. The maximum Gasteiger partial charge on any atom is 0.136 e. The minimum atomic E-state index is -1.01. The van der Waals surface area contributed by atoms with Gasteiger partial charge in [-0.05, 0) is 50.8 Å². The Morgan fingerprint density at radius 2 is 2.12 bits per heavy atom. The Hall–Kier alpha value is -0.0300. The average Bonchev–Trinajstić information content (AvgIpc) is 2.62. The zero-order chi connectivity index (χ0) is 12.6. The first-order valence-corrected chi connectivity index (χ1v) is 7.79. The van der Waals surface area contributed by atoms with Gasteiger partial charge in [-0.3, -0.25) is 0 Å². The zero-order valence-corrected chi connectivity index (χ0v) is 12.8. The van der Waals surface area contributed by atoms with Gasteiger partial charge in [0.1, 0.15) is 4.75 Å². The van der Waals surface area contributed by atoms with E-state index in [1.54, 1.807) is 0 Å². The van der Waals surface area contributed by atoms with Crippen LogP contribution >= 0.6 is 15.9 Å². The van der Waals surface area contributed by atoms with Gasteiger partial charge in [0.15, 0.2) is 0 Å². The predicted molar refractivity (Wildman–Crippen MR) is 76.2 cm³/mol. The van der Waals surface area contributed by atoms with Crippen molar-refractivity contribution in [3.05, 3.63) is 33.8 Å². The lowest BCUT2D eigenvalue weighted by atomic mass is 10.1. The largest absolute Gasteiger partial charge is 0.598 e. The van der Waals surface area contributed by atoms with Crippen LogP contribution in [0.4, 0.5) is 0 Å². The summed E-state index contributed by atoms with van der Waals surface area (Å²) in [6.45, 7) is 5.98. The molecule has 1 aromatic carbocycles. The second-order valence-electron chi connectivity index (χ2n) is 5.40. The van der Waals surface area contributed by atoms with E-state index in [0.29, 0.717) is 0 Å². The Bertz CT molecular complexity index is 416. The van der Waals surface area contributed by atoms with Crippen molar-refractivity contribution >= 4 is 27.3 Å². The minimum absolute atomic E-state index is 0.214. The Balaban J connectivity index is 2.15. The zero-order valence-electron chi connectivity index (χ0n) is 10.4. The summed E-state index contributed by atoms with van der Waals surface area (Å²) >= 11 is 2.57. The highest BCUT2D eigenvalue weighted by Gasteiger charge is 2.33. The van der Waals surface area contributed by atoms with Crippen molar-refractivity contribution in [2.24, 2.45) is 0 Å². The summed E-state index contributed by atoms with van der Waals surface area (Å²) in [5.74, 6) is 0. The molecule has 0 radical (unpaired) electrons. The van der Waals surface area contributed by atoms with Crippen LogP contribution in [0.3, 0.4) is 0 Å². The van der Waals surface area contributed by atoms with Crippen LogP contribution in [0.15, 0.2) is 22.7 Å². The maximum atomic E-state index is 12.1. The van der Waals surface area contributed by atoms with Gasteiger partial charge in [0, 0.05) is 15.8 Å². The van der Waals surface area contributed by atoms with E-state index in [9.17, 15) is 4.55 Å². The quantitative estimate of drug-likeness (QED) is 0.848. The van der Waals surface area contributed by atoms with E-state index in [1.165, 1.54) is 15.6 Å². The van der Waals surface area contributed by atoms with Crippen LogP contribution in [-0.2, 0) is 17.8 Å². The van der Waals surface area contributed by atoms with Crippen LogP contribution in [0, 0.1) is 0 Å². The molecule has 0 aliphatic heterocycles. The molecular weight excluding hydrogens is 298 g/mol. The molecule has 1 unspecified atom stereocenters. The fourth-order valence-electron chi connectivity index (χ4n) is 2.04. The molecule has 0 saturated heterocycles. The SMILES string of the molecule is CC(C)(C)[S+]([O-])N[C@@H]1CCc2c(Br)cccc21. The lowest BCUT2D eigenvalue weighted by molar-refractivity contribution is 0.522. The summed E-state index contributed by atoms with van der Waals surface area (Å²) in [6.07, 6.45) is 2.08. The van der Waals surface area contributed by atoms with Crippen LogP contribution in [0.2, 0.25) is 0 Å². The highest BCUT2D eigenvalue weighted by atomic mass is 79.9. The number of halogens is 1. The molecule has 0 aromatic heterocycles. The summed E-state index contributed by atoms with van der Waals surface area (Å²) in [6, 6.07) is 6.47. The first-order chi connectivity index (χ1) is 7.89. The molecule has 17 heavy (non-hydrogen) atoms. The Labute approximate surface area is 115 Å². The normalized spacial score (nSPS) is 21.4. The third kappa shape index (κ3) is 2.87. The fourth-order valence-corrected chi connectivity index (χ4v) is 3.47. The topological polar surface area (TPSA) is 35.1 Å². The number of nitrogens with one attached hydrogen (secondary N) is 1. The third-order valence-electron chi connectivity index (χ3n) is 3.02. The van der Waals surface area contributed by atoms with Crippen LogP contribution in [0.25, 0.3) is 0 Å². The van der Waals surface area contributed by atoms with Crippen molar-refractivity contribution < 1.29 is 4.55 Å². The molecule has 0 bridgehead atoms. The van der Waals surface area contributed by atoms with E-state index in [-0.39, 0.29) is 10.8 Å². The van der Waals surface area contributed by atoms with Gasteiger partial charge in [0.25, 0.3) is 0 Å². The van der Waals surface area contributed by atoms with Crippen molar-refractivity contribution in [1.82, 2.24) is 4.72 Å². The average molecular weight is 316 g/mol. The van der Waals surface area contributed by atoms with Crippen molar-refractivity contribution in [3.8, 4) is 0 Å². The Kier molecular flexibility index (Phi) is 3.88. The highest BCUT2D eigenvalue weighted by molar-refractivity contribution is 9.10. The van der Waals surface area contributed by atoms with Crippen LogP contribution in [0.5, 0.6) is 0 Å². The number of benzene rings is 1. The van der Waals surface area contributed by atoms with E-state index in [0.717, 1.165) is 12.8 Å². The lowest BCUT2D eigenvalue weighted by Crippen LogP contribution is -2.40. The Morgan fingerprint density at radius 1 is 1.41 bits per heavy atom. The molecule has 1 N–H and O–H groups in total. The summed E-state index contributed by atoms with van der Waals surface area (Å²) in [5, 5.41) is 0. The van der Waals surface area contributed by atoms with Crippen molar-refractivity contribution in [2.75, 3.05) is 0 Å². The van der Waals surface area contributed by atoms with Gasteiger partial charge in [-0.25, -0.2) is 0 Å². The van der Waals surface area contributed by atoms with E-state index >= 15 is 0 Å². The van der Waals surface area contributed by atoms with Gasteiger partial charge in [-0.2, -0.15) is 0 Å². The molecule has 2 nitrogen and oxygen atoms in total. The second kappa shape index (κ2) is 4.92. The molecule has 0 fully saturated rings. The molecular formula is C13H18BrNOS. The van der Waals surface area contributed by atoms with Gasteiger partial charge < -0.3 is 4.55 Å². The van der Waals surface area contributed by atoms with Crippen LogP contribution in [0.1, 0.15) is 44.4 Å². The van der Waals surface area contributed by atoms with E-state index < -0.39 is 11.4 Å². The van der Waals surface area contributed by atoms with Crippen LogP contribution < -0.4 is 4.72 Å². The molecule has 0 saturated carbocycles. The van der Waals surface area contributed by atoms with Crippen LogP contribution in [-0.4, -0.2) is 9.30 Å². The monoisotopic (exact) mass is 315 g/mol. The van der Waals surface area contributed by atoms with E-state index in [1.807, 2.05) is 26.8 Å². The molecule has 4 heteroatoms. The molecule has 1 aliphatic carbocycles. The predicted octanol–water partition coefficient (Wildman–Crippen LogP) is 3.49. The standard InChI is InChI=1S/C13H18BrNOS/c1-13(2,3)17(16)15-12-8-7-9-10(12)5-4-6-11(9)14/h4-6,12,15H,7-8H2,1-3H3/t12-,17?/m1/s1. The number of hydrogen-bond donors (Lipinski definition) is 1. The van der Waals surface area contributed by atoms with Gasteiger partial charge >= 0.3 is 0 Å². The van der Waals surface area contributed by atoms with Crippen molar-refractivity contribution in [1.29, 1.82) is 0 Å². The summed E-state index contributed by atoms with van der Waals surface area (Å²) in [4.78, 5) is 0. The molecule has 1 aliphatic rings. The van der Waals surface area contributed by atoms with Gasteiger partial charge in [-0.15, -0.1) is 4.72 Å². The molecule has 2 rings (SSSR count). The molecule has 94 valence electrons. The maximum absolute atomic E-state index is 12.1. The highest BCUT2D eigenvalue weighted by Crippen LogP contribution is 2.36. The first-order valence-electron chi connectivity index (χ1n) is 5.85. The number of fused-ring (bicyclic) bond motifs is 1. The van der Waals surface area contributed by atoms with E-state index in [2.05, 4.69) is 32.8 Å². The molecule has 0 heterocycles. The number of rotatable bonds is 2. The van der Waals surface area contributed by atoms with Crippen molar-refractivity contribution in [2.45, 2.75) is 44.4 Å². The fraction of sp³-hybridized carbons (Fsp3) is 0.538. The minimum Gasteiger partial charge on any atom is -0.598 e. The van der Waals surface area contributed by atoms with Gasteiger partial charge in [0.2, 0.25) is 0 Å². The lowest BCUT2D eigenvalue weighted by Gasteiger charge is -2.26. The van der Waals surface area contributed by atoms with E-state index in [4.69, 9.17) is 0 Å². The smallest absolute Gasteiger partial charge is 0.136 e. The second-order valence-corrected chi connectivity index (χ2v) is 8.25. The van der Waals surface area contributed by atoms with Crippen molar-refractivity contribution in [3.63, 3.8) is 0 Å². The van der Waals surface area contributed by atoms with Gasteiger partial charge in [0.05, 0.1) is 6.04 Å². The Morgan fingerprint density at radius 3 is 2.76 bits per heavy atom. The molecule has 0 amide bonds. The van der Waals surface area contributed by atoms with Gasteiger partial charge in [-0.1, -0.05) is 28.1 Å². The first kappa shape index (κ1) is 13.4. The summed E-state index contributed by atoms with van der Waals surface area (Å²) in [5.41, 5.74) is 2.65. The molecule has 0 spiro atoms. The third-order valence-corrected chi connectivity index (χ3v) is 5.37.